The number of ether oxygens (including phenoxy) is 1. The summed E-state index contributed by atoms with van der Waals surface area (Å²) in [6.07, 6.45) is 1.44. The number of carboxylic acids is 1. The average Bonchev–Trinajstić information content (AvgIpc) is 2.72. The van der Waals surface area contributed by atoms with Crippen molar-refractivity contribution >= 4 is 23.0 Å². The molecule has 0 atom stereocenters. The summed E-state index contributed by atoms with van der Waals surface area (Å²) in [5.74, 6) is -1.47. The van der Waals surface area contributed by atoms with Gasteiger partial charge in [-0.05, 0) is 19.1 Å². The molecular weight excluding hydrogens is 236 g/mol. The largest absolute Gasteiger partial charge is 0.478 e. The first kappa shape index (κ1) is 12.1. The first-order chi connectivity index (χ1) is 8.63. The molecule has 0 bridgehead atoms. The molecule has 0 unspecified atom stereocenters. The minimum absolute atomic E-state index is 0.0470. The van der Waals surface area contributed by atoms with Crippen LogP contribution in [0.25, 0.3) is 11.0 Å². The van der Waals surface area contributed by atoms with Crippen LogP contribution in [-0.4, -0.2) is 33.2 Å². The molecule has 0 aliphatic rings. The van der Waals surface area contributed by atoms with E-state index >= 15 is 0 Å². The second-order valence-electron chi connectivity index (χ2n) is 3.66. The molecule has 0 saturated carbocycles. The zero-order valence-electron chi connectivity index (χ0n) is 9.79. The van der Waals surface area contributed by atoms with E-state index in [1.54, 1.807) is 19.1 Å². The van der Waals surface area contributed by atoms with E-state index in [0.717, 1.165) is 0 Å². The third-order valence-electron chi connectivity index (χ3n) is 2.47. The molecule has 1 aromatic heterocycles. The highest BCUT2D eigenvalue weighted by molar-refractivity contribution is 6.01. The molecule has 1 N–H and O–H groups in total. The van der Waals surface area contributed by atoms with Crippen molar-refractivity contribution < 1.29 is 19.4 Å². The van der Waals surface area contributed by atoms with Crippen molar-refractivity contribution in [2.45, 2.75) is 13.5 Å². The zero-order valence-corrected chi connectivity index (χ0v) is 9.79. The number of carboxylic acid groups (broad SMARTS) is 1. The lowest BCUT2D eigenvalue weighted by Crippen LogP contribution is -2.13. The predicted molar refractivity (Wildman–Crippen MR) is 63.3 cm³/mol. The van der Waals surface area contributed by atoms with Crippen molar-refractivity contribution in [2.75, 3.05) is 6.61 Å². The van der Waals surface area contributed by atoms with Gasteiger partial charge in [0.1, 0.15) is 6.54 Å². The van der Waals surface area contributed by atoms with E-state index in [1.165, 1.54) is 17.0 Å². The van der Waals surface area contributed by atoms with E-state index < -0.39 is 11.9 Å². The molecule has 0 spiro atoms. The van der Waals surface area contributed by atoms with Crippen molar-refractivity contribution in [3.63, 3.8) is 0 Å². The van der Waals surface area contributed by atoms with Gasteiger partial charge in [0.05, 0.1) is 29.5 Å². The Hall–Kier alpha value is -2.37. The highest BCUT2D eigenvalue weighted by Crippen LogP contribution is 2.18. The summed E-state index contributed by atoms with van der Waals surface area (Å²) in [5.41, 5.74) is 1.09. The molecular formula is C12H12N2O4. The first-order valence-corrected chi connectivity index (χ1v) is 5.46. The number of carbonyl (C=O) groups excluding carboxylic acids is 1. The van der Waals surface area contributed by atoms with Crippen molar-refractivity contribution in [1.29, 1.82) is 0 Å². The van der Waals surface area contributed by atoms with Crippen LogP contribution >= 0.6 is 0 Å². The fourth-order valence-corrected chi connectivity index (χ4v) is 1.77. The fourth-order valence-electron chi connectivity index (χ4n) is 1.77. The van der Waals surface area contributed by atoms with E-state index in [1.807, 2.05) is 0 Å². The molecule has 1 heterocycles. The number of para-hydroxylation sites is 1. The summed E-state index contributed by atoms with van der Waals surface area (Å²) in [7, 11) is 0. The summed E-state index contributed by atoms with van der Waals surface area (Å²) in [6, 6.07) is 4.80. The molecule has 0 fully saturated rings. The van der Waals surface area contributed by atoms with Crippen LogP contribution in [0.15, 0.2) is 24.5 Å². The zero-order chi connectivity index (χ0) is 13.1. The van der Waals surface area contributed by atoms with Gasteiger partial charge < -0.3 is 14.4 Å². The van der Waals surface area contributed by atoms with Crippen molar-refractivity contribution in [3.05, 3.63) is 30.1 Å². The Kier molecular flexibility index (Phi) is 3.27. The average molecular weight is 248 g/mol. The summed E-state index contributed by atoms with van der Waals surface area (Å²) in [5, 5.41) is 9.11. The Morgan fingerprint density at radius 2 is 2.22 bits per heavy atom. The molecule has 0 saturated heterocycles. The number of fused-ring (bicyclic) bond motifs is 1. The molecule has 0 aliphatic heterocycles. The summed E-state index contributed by atoms with van der Waals surface area (Å²) >= 11 is 0. The summed E-state index contributed by atoms with van der Waals surface area (Å²) < 4.78 is 6.31. The van der Waals surface area contributed by atoms with Crippen LogP contribution in [-0.2, 0) is 16.1 Å². The molecule has 0 radical (unpaired) electrons. The van der Waals surface area contributed by atoms with Gasteiger partial charge in [-0.2, -0.15) is 0 Å². The second-order valence-corrected chi connectivity index (χ2v) is 3.66. The van der Waals surface area contributed by atoms with E-state index in [4.69, 9.17) is 9.84 Å². The highest BCUT2D eigenvalue weighted by atomic mass is 16.5. The Bertz CT molecular complexity index is 603. The maximum absolute atomic E-state index is 11.4. The van der Waals surface area contributed by atoms with Crippen LogP contribution in [0.4, 0.5) is 0 Å². The topological polar surface area (TPSA) is 81.4 Å². The number of esters is 1. The normalized spacial score (nSPS) is 10.5. The van der Waals surface area contributed by atoms with Gasteiger partial charge in [-0.15, -0.1) is 0 Å². The van der Waals surface area contributed by atoms with Crippen LogP contribution in [0.1, 0.15) is 17.3 Å². The van der Waals surface area contributed by atoms with Crippen LogP contribution in [0.2, 0.25) is 0 Å². The van der Waals surface area contributed by atoms with E-state index in [0.29, 0.717) is 11.0 Å². The maximum Gasteiger partial charge on any atom is 0.337 e. The number of hydrogen-bond donors (Lipinski definition) is 1. The van der Waals surface area contributed by atoms with Gasteiger partial charge in [-0.25, -0.2) is 9.78 Å². The Balaban J connectivity index is 2.45. The molecule has 0 aliphatic carbocycles. The molecule has 94 valence electrons. The maximum atomic E-state index is 11.4. The Morgan fingerprint density at radius 3 is 2.89 bits per heavy atom. The number of carbonyl (C=O) groups is 2. The van der Waals surface area contributed by atoms with E-state index in [9.17, 15) is 9.59 Å². The van der Waals surface area contributed by atoms with Crippen LogP contribution in [0.5, 0.6) is 0 Å². The minimum atomic E-state index is -1.05. The number of benzene rings is 1. The van der Waals surface area contributed by atoms with Crippen molar-refractivity contribution in [2.24, 2.45) is 0 Å². The van der Waals surface area contributed by atoms with E-state index in [-0.39, 0.29) is 18.7 Å². The van der Waals surface area contributed by atoms with Crippen molar-refractivity contribution in [1.82, 2.24) is 9.55 Å². The lowest BCUT2D eigenvalue weighted by atomic mass is 10.2. The van der Waals surface area contributed by atoms with Gasteiger partial charge in [0.15, 0.2) is 0 Å². The molecule has 6 nitrogen and oxygen atoms in total. The van der Waals surface area contributed by atoms with Gasteiger partial charge in [0.25, 0.3) is 0 Å². The molecule has 6 heteroatoms. The molecule has 0 amide bonds. The smallest absolute Gasteiger partial charge is 0.337 e. The Morgan fingerprint density at radius 1 is 1.44 bits per heavy atom. The molecule has 2 rings (SSSR count). The number of aromatic carboxylic acids is 1. The van der Waals surface area contributed by atoms with Crippen LogP contribution in [0, 0.1) is 0 Å². The highest BCUT2D eigenvalue weighted by Gasteiger charge is 2.15. The second kappa shape index (κ2) is 4.87. The number of nitrogens with zero attached hydrogens (tertiary/aromatic N) is 2. The van der Waals surface area contributed by atoms with Crippen LogP contribution < -0.4 is 0 Å². The van der Waals surface area contributed by atoms with Gasteiger partial charge in [0.2, 0.25) is 0 Å². The predicted octanol–water partition coefficient (Wildman–Crippen LogP) is 1.30. The third kappa shape index (κ3) is 2.17. The fraction of sp³-hybridized carbons (Fsp3) is 0.250. The number of hydrogen-bond acceptors (Lipinski definition) is 4. The van der Waals surface area contributed by atoms with E-state index in [2.05, 4.69) is 4.98 Å². The SMILES string of the molecule is CCOC(=O)Cn1cnc2cccc(C(=O)O)c21. The number of imidazole rings is 1. The number of aromatic nitrogens is 2. The standard InChI is InChI=1S/C12H12N2O4/c1-2-18-10(15)6-14-7-13-9-5-3-4-8(11(9)14)12(16)17/h3-5,7H,2,6H2,1H3,(H,16,17). The van der Waals surface area contributed by atoms with Gasteiger partial charge in [-0.3, -0.25) is 4.79 Å². The lowest BCUT2D eigenvalue weighted by molar-refractivity contribution is -0.143. The first-order valence-electron chi connectivity index (χ1n) is 5.46. The van der Waals surface area contributed by atoms with Gasteiger partial charge in [0, 0.05) is 0 Å². The summed E-state index contributed by atoms with van der Waals surface area (Å²) in [6.45, 7) is 1.96. The summed E-state index contributed by atoms with van der Waals surface area (Å²) in [4.78, 5) is 26.6. The lowest BCUT2D eigenvalue weighted by Gasteiger charge is -2.05. The van der Waals surface area contributed by atoms with Gasteiger partial charge >= 0.3 is 11.9 Å². The minimum Gasteiger partial charge on any atom is -0.478 e. The molecule has 2 aromatic rings. The molecule has 1 aromatic carbocycles. The van der Waals surface area contributed by atoms with Crippen molar-refractivity contribution in [3.8, 4) is 0 Å². The third-order valence-corrected chi connectivity index (χ3v) is 2.47. The number of rotatable bonds is 4. The monoisotopic (exact) mass is 248 g/mol. The quantitative estimate of drug-likeness (QED) is 0.825. The molecule has 18 heavy (non-hydrogen) atoms. The van der Waals surface area contributed by atoms with Gasteiger partial charge in [-0.1, -0.05) is 6.07 Å². The Labute approximate surface area is 103 Å². The van der Waals surface area contributed by atoms with Crippen LogP contribution in [0.3, 0.4) is 0 Å².